The maximum Gasteiger partial charge on any atom is -0.00436 e. The topological polar surface area (TPSA) is 12.0 Å². The lowest BCUT2D eigenvalue weighted by Crippen LogP contribution is -2.35. The van der Waals surface area contributed by atoms with Gasteiger partial charge in [-0.25, -0.2) is 0 Å². The van der Waals surface area contributed by atoms with E-state index in [0.29, 0.717) is 5.41 Å². The van der Waals surface area contributed by atoms with E-state index < -0.39 is 0 Å². The molecule has 1 spiro atoms. The maximum atomic E-state index is 3.52. The number of hydrogen-bond donors (Lipinski definition) is 1. The Balaban J connectivity index is 1.77. The molecule has 0 radical (unpaired) electrons. The van der Waals surface area contributed by atoms with Crippen molar-refractivity contribution in [1.29, 1.82) is 0 Å². The van der Waals surface area contributed by atoms with Gasteiger partial charge in [-0.2, -0.15) is 0 Å². The van der Waals surface area contributed by atoms with Crippen LogP contribution < -0.4 is 5.32 Å². The summed E-state index contributed by atoms with van der Waals surface area (Å²) in [5, 5.41) is 3.52. The highest BCUT2D eigenvalue weighted by Gasteiger charge is 2.40. The molecule has 1 saturated heterocycles. The molecule has 1 aromatic rings. The quantitative estimate of drug-likeness (QED) is 0.786. The van der Waals surface area contributed by atoms with Crippen LogP contribution in [-0.4, -0.2) is 13.1 Å². The van der Waals surface area contributed by atoms with Gasteiger partial charge >= 0.3 is 0 Å². The number of piperidine rings is 1. The summed E-state index contributed by atoms with van der Waals surface area (Å²) >= 11 is 0. The van der Waals surface area contributed by atoms with Crippen LogP contribution in [-0.2, 0) is 5.41 Å². The van der Waals surface area contributed by atoms with Gasteiger partial charge < -0.3 is 5.32 Å². The Morgan fingerprint density at radius 1 is 1.10 bits per heavy atom. The van der Waals surface area contributed by atoms with Crippen LogP contribution in [0.3, 0.4) is 0 Å². The van der Waals surface area contributed by atoms with Gasteiger partial charge in [0.2, 0.25) is 0 Å². The van der Waals surface area contributed by atoms with E-state index in [-0.39, 0.29) is 5.41 Å². The molecule has 2 aliphatic rings. The van der Waals surface area contributed by atoms with Crippen LogP contribution in [0.25, 0.3) is 0 Å². The third-order valence-electron chi connectivity index (χ3n) is 5.59. The van der Waals surface area contributed by atoms with E-state index in [9.17, 15) is 0 Å². The minimum atomic E-state index is 0.265. The second kappa shape index (κ2) is 5.18. The molecule has 1 aliphatic heterocycles. The monoisotopic (exact) mass is 271 g/mol. The van der Waals surface area contributed by atoms with Gasteiger partial charge in [-0.3, -0.25) is 0 Å². The summed E-state index contributed by atoms with van der Waals surface area (Å²) in [6, 6.07) is 9.40. The highest BCUT2D eigenvalue weighted by atomic mass is 14.9. The minimum Gasteiger partial charge on any atom is -0.317 e. The Hall–Kier alpha value is -0.820. The summed E-state index contributed by atoms with van der Waals surface area (Å²) in [7, 11) is 0. The molecule has 3 rings (SSSR count). The van der Waals surface area contributed by atoms with Gasteiger partial charge in [0.05, 0.1) is 0 Å². The van der Waals surface area contributed by atoms with E-state index in [1.54, 1.807) is 5.56 Å². The van der Waals surface area contributed by atoms with E-state index >= 15 is 0 Å². The highest BCUT2D eigenvalue weighted by Crippen LogP contribution is 2.51. The standard InChI is InChI=1S/C19H29N/c1-18(2,3)17-6-4-5-15(13-17)16-7-8-19(14-16)9-11-20-12-10-19/h4-6,13,16,20H,7-12,14H2,1-3H3. The molecule has 2 fully saturated rings. The molecule has 1 N–H and O–H groups in total. The zero-order valence-corrected chi connectivity index (χ0v) is 13.3. The fourth-order valence-corrected chi connectivity index (χ4v) is 4.16. The first-order valence-electron chi connectivity index (χ1n) is 8.30. The van der Waals surface area contributed by atoms with Crippen molar-refractivity contribution in [1.82, 2.24) is 5.32 Å². The third kappa shape index (κ3) is 2.79. The summed E-state index contributed by atoms with van der Waals surface area (Å²) in [6.45, 7) is 9.41. The molecule has 1 aliphatic carbocycles. The molecule has 20 heavy (non-hydrogen) atoms. The van der Waals surface area contributed by atoms with Gasteiger partial charge in [0.25, 0.3) is 0 Å². The molecular weight excluding hydrogens is 242 g/mol. The zero-order valence-electron chi connectivity index (χ0n) is 13.3. The Labute approximate surface area is 124 Å². The average Bonchev–Trinajstić information content (AvgIpc) is 2.83. The minimum absolute atomic E-state index is 0.265. The van der Waals surface area contributed by atoms with Crippen molar-refractivity contribution in [3.05, 3.63) is 35.4 Å². The number of rotatable bonds is 1. The van der Waals surface area contributed by atoms with Crippen LogP contribution >= 0.6 is 0 Å². The van der Waals surface area contributed by atoms with E-state index in [0.717, 1.165) is 5.92 Å². The normalized spacial score (nSPS) is 26.1. The van der Waals surface area contributed by atoms with Gasteiger partial charge in [-0.1, -0.05) is 45.0 Å². The summed E-state index contributed by atoms with van der Waals surface area (Å²) in [6.07, 6.45) is 7.04. The van der Waals surface area contributed by atoms with Gasteiger partial charge in [-0.15, -0.1) is 0 Å². The first-order chi connectivity index (χ1) is 9.49. The zero-order chi connectivity index (χ0) is 14.2. The third-order valence-corrected chi connectivity index (χ3v) is 5.59. The fraction of sp³-hybridized carbons (Fsp3) is 0.684. The highest BCUT2D eigenvalue weighted by molar-refractivity contribution is 5.31. The maximum absolute atomic E-state index is 3.52. The molecule has 1 nitrogen and oxygen atoms in total. The first kappa shape index (κ1) is 14.1. The molecule has 0 amide bonds. The molecule has 1 unspecified atom stereocenters. The van der Waals surface area contributed by atoms with Crippen molar-refractivity contribution < 1.29 is 0 Å². The number of benzene rings is 1. The van der Waals surface area contributed by atoms with Crippen LogP contribution in [0.5, 0.6) is 0 Å². The Morgan fingerprint density at radius 3 is 2.55 bits per heavy atom. The fourth-order valence-electron chi connectivity index (χ4n) is 4.16. The second-order valence-electron chi connectivity index (χ2n) is 8.07. The SMILES string of the molecule is CC(C)(C)c1cccc(C2CCC3(CCNCC3)C2)c1. The smallest absolute Gasteiger partial charge is 0.00436 e. The predicted molar refractivity (Wildman–Crippen MR) is 86.3 cm³/mol. The summed E-state index contributed by atoms with van der Waals surface area (Å²) in [4.78, 5) is 0. The van der Waals surface area contributed by atoms with Crippen molar-refractivity contribution in [3.63, 3.8) is 0 Å². The van der Waals surface area contributed by atoms with Gasteiger partial charge in [-0.05, 0) is 73.1 Å². The van der Waals surface area contributed by atoms with Crippen molar-refractivity contribution in [2.45, 2.75) is 64.2 Å². The lowest BCUT2D eigenvalue weighted by atomic mass is 9.76. The number of hydrogen-bond acceptors (Lipinski definition) is 1. The van der Waals surface area contributed by atoms with E-state index in [1.165, 1.54) is 50.8 Å². The van der Waals surface area contributed by atoms with Crippen LogP contribution in [0, 0.1) is 5.41 Å². The van der Waals surface area contributed by atoms with Crippen molar-refractivity contribution in [3.8, 4) is 0 Å². The predicted octanol–water partition coefficient (Wildman–Crippen LogP) is 4.62. The summed E-state index contributed by atoms with van der Waals surface area (Å²) in [5.74, 6) is 0.801. The largest absolute Gasteiger partial charge is 0.317 e. The molecule has 110 valence electrons. The first-order valence-corrected chi connectivity index (χ1v) is 8.30. The molecule has 1 atom stereocenters. The van der Waals surface area contributed by atoms with Gasteiger partial charge in [0.1, 0.15) is 0 Å². The van der Waals surface area contributed by atoms with Crippen molar-refractivity contribution in [2.75, 3.05) is 13.1 Å². The van der Waals surface area contributed by atoms with E-state index in [4.69, 9.17) is 0 Å². The van der Waals surface area contributed by atoms with Gasteiger partial charge in [0, 0.05) is 0 Å². The van der Waals surface area contributed by atoms with Crippen molar-refractivity contribution in [2.24, 2.45) is 5.41 Å². The second-order valence-corrected chi connectivity index (χ2v) is 8.07. The molecule has 1 aromatic carbocycles. The Bertz CT molecular complexity index is 463. The van der Waals surface area contributed by atoms with Crippen LogP contribution in [0.15, 0.2) is 24.3 Å². The van der Waals surface area contributed by atoms with Crippen molar-refractivity contribution >= 4 is 0 Å². The Morgan fingerprint density at radius 2 is 1.85 bits per heavy atom. The average molecular weight is 271 g/mol. The number of nitrogens with one attached hydrogen (secondary N) is 1. The molecule has 1 heteroatoms. The van der Waals surface area contributed by atoms with Crippen LogP contribution in [0.2, 0.25) is 0 Å². The van der Waals surface area contributed by atoms with Gasteiger partial charge in [0.15, 0.2) is 0 Å². The summed E-state index contributed by atoms with van der Waals surface area (Å²) in [5.41, 5.74) is 4.00. The molecular formula is C19H29N. The molecule has 1 heterocycles. The Kier molecular flexibility index (Phi) is 3.66. The molecule has 1 saturated carbocycles. The van der Waals surface area contributed by atoms with E-state index in [2.05, 4.69) is 50.4 Å². The lowest BCUT2D eigenvalue weighted by Gasteiger charge is -2.34. The van der Waals surface area contributed by atoms with E-state index in [1.807, 2.05) is 0 Å². The van der Waals surface area contributed by atoms with Crippen LogP contribution in [0.4, 0.5) is 0 Å². The molecule has 0 bridgehead atoms. The van der Waals surface area contributed by atoms with Crippen LogP contribution in [0.1, 0.15) is 69.9 Å². The lowest BCUT2D eigenvalue weighted by molar-refractivity contribution is 0.207. The molecule has 0 aromatic heterocycles. The summed E-state index contributed by atoms with van der Waals surface area (Å²) < 4.78 is 0.